The van der Waals surface area contributed by atoms with Gasteiger partial charge in [-0.05, 0) is 27.4 Å². The first-order chi connectivity index (χ1) is 9.52. The van der Waals surface area contributed by atoms with Crippen LogP contribution in [0.15, 0.2) is 28.7 Å². The Morgan fingerprint density at radius 2 is 1.85 bits per heavy atom. The Bertz CT molecular complexity index is 600. The van der Waals surface area contributed by atoms with E-state index in [1.165, 1.54) is 5.56 Å². The summed E-state index contributed by atoms with van der Waals surface area (Å²) in [6, 6.07) is 8.22. The number of rotatable bonds is 4. The van der Waals surface area contributed by atoms with Crippen LogP contribution in [-0.4, -0.2) is 17.1 Å². The molecule has 2 rings (SSSR count). The number of hydrogen-bond donors (Lipinski definition) is 0. The summed E-state index contributed by atoms with van der Waals surface area (Å²) in [6.45, 7) is 4.72. The summed E-state index contributed by atoms with van der Waals surface area (Å²) in [5, 5.41) is 0.398. The Balaban J connectivity index is 2.41. The summed E-state index contributed by atoms with van der Waals surface area (Å²) in [5.74, 6) is 1.11. The minimum Gasteiger partial charge on any atom is -0.378 e. The summed E-state index contributed by atoms with van der Waals surface area (Å²) in [4.78, 5) is 8.81. The second kappa shape index (κ2) is 6.66. The van der Waals surface area contributed by atoms with Crippen molar-refractivity contribution in [3.8, 4) is 11.4 Å². The first-order valence-corrected chi connectivity index (χ1v) is 7.51. The molecular weight excluding hydrogens is 340 g/mol. The van der Waals surface area contributed by atoms with Gasteiger partial charge in [0.2, 0.25) is 0 Å². The lowest BCUT2D eigenvalue weighted by Crippen LogP contribution is -2.00. The molecule has 0 atom stereocenters. The zero-order chi connectivity index (χ0) is 14.7. The molecule has 5 heteroatoms. The van der Waals surface area contributed by atoms with Gasteiger partial charge in [0.05, 0.1) is 16.8 Å². The molecule has 0 N–H and O–H groups in total. The smallest absolute Gasteiger partial charge is 0.161 e. The summed E-state index contributed by atoms with van der Waals surface area (Å²) < 4.78 is 5.81. The SMILES string of the molecule is COCc1nc(-c2ccc(C(C)C)cc2)nc(Cl)c1Br. The normalized spacial score (nSPS) is 11.1. The van der Waals surface area contributed by atoms with E-state index in [9.17, 15) is 0 Å². The highest BCUT2D eigenvalue weighted by Gasteiger charge is 2.12. The predicted molar refractivity (Wildman–Crippen MR) is 85.0 cm³/mol. The van der Waals surface area contributed by atoms with Crippen LogP contribution in [0.3, 0.4) is 0 Å². The highest BCUT2D eigenvalue weighted by Crippen LogP contribution is 2.28. The van der Waals surface area contributed by atoms with Crippen molar-refractivity contribution in [1.29, 1.82) is 0 Å². The fourth-order valence-corrected chi connectivity index (χ4v) is 2.32. The minimum absolute atomic E-state index is 0.389. The van der Waals surface area contributed by atoms with Crippen molar-refractivity contribution in [3.63, 3.8) is 0 Å². The number of ether oxygens (including phenoxy) is 1. The first-order valence-electron chi connectivity index (χ1n) is 6.34. The molecule has 1 aromatic heterocycles. The minimum atomic E-state index is 0.389. The molecule has 1 aromatic carbocycles. The molecule has 2 aromatic rings. The predicted octanol–water partition coefficient (Wildman–Crippen LogP) is 4.83. The molecule has 0 amide bonds. The lowest BCUT2D eigenvalue weighted by atomic mass is 10.0. The molecule has 0 unspecified atom stereocenters. The van der Waals surface area contributed by atoms with Crippen molar-refractivity contribution in [1.82, 2.24) is 9.97 Å². The zero-order valence-electron chi connectivity index (χ0n) is 11.7. The third-order valence-electron chi connectivity index (χ3n) is 3.00. The van der Waals surface area contributed by atoms with Gasteiger partial charge in [-0.1, -0.05) is 49.7 Å². The molecular formula is C15H16BrClN2O. The van der Waals surface area contributed by atoms with Gasteiger partial charge < -0.3 is 4.74 Å². The number of hydrogen-bond acceptors (Lipinski definition) is 3. The molecule has 0 aliphatic rings. The van der Waals surface area contributed by atoms with E-state index < -0.39 is 0 Å². The van der Waals surface area contributed by atoms with Gasteiger partial charge in [0.25, 0.3) is 0 Å². The van der Waals surface area contributed by atoms with Gasteiger partial charge in [-0.25, -0.2) is 9.97 Å². The Hall–Kier alpha value is -0.970. The van der Waals surface area contributed by atoms with E-state index in [0.717, 1.165) is 11.3 Å². The zero-order valence-corrected chi connectivity index (χ0v) is 14.0. The van der Waals surface area contributed by atoms with Crippen molar-refractivity contribution < 1.29 is 4.74 Å². The van der Waals surface area contributed by atoms with Gasteiger partial charge >= 0.3 is 0 Å². The van der Waals surface area contributed by atoms with E-state index in [0.29, 0.717) is 28.0 Å². The topological polar surface area (TPSA) is 35.0 Å². The van der Waals surface area contributed by atoms with Crippen LogP contribution < -0.4 is 0 Å². The molecule has 106 valence electrons. The Morgan fingerprint density at radius 1 is 1.20 bits per heavy atom. The van der Waals surface area contributed by atoms with E-state index in [-0.39, 0.29) is 0 Å². The van der Waals surface area contributed by atoms with Crippen LogP contribution in [0, 0.1) is 0 Å². The molecule has 0 bridgehead atoms. The van der Waals surface area contributed by atoms with Gasteiger partial charge in [-0.15, -0.1) is 0 Å². The van der Waals surface area contributed by atoms with Crippen LogP contribution in [0.5, 0.6) is 0 Å². The van der Waals surface area contributed by atoms with Gasteiger partial charge in [0.15, 0.2) is 5.82 Å². The Labute approximate surface area is 132 Å². The quantitative estimate of drug-likeness (QED) is 0.737. The van der Waals surface area contributed by atoms with Crippen molar-refractivity contribution in [2.75, 3.05) is 7.11 Å². The lowest BCUT2D eigenvalue weighted by Gasteiger charge is -2.09. The van der Waals surface area contributed by atoms with Gasteiger partial charge in [0.1, 0.15) is 5.15 Å². The highest BCUT2D eigenvalue weighted by molar-refractivity contribution is 9.10. The molecule has 0 spiro atoms. The van der Waals surface area contributed by atoms with Gasteiger partial charge in [0, 0.05) is 12.7 Å². The monoisotopic (exact) mass is 354 g/mol. The molecule has 1 heterocycles. The van der Waals surface area contributed by atoms with Crippen LogP contribution in [0.1, 0.15) is 31.0 Å². The van der Waals surface area contributed by atoms with Crippen LogP contribution in [0.25, 0.3) is 11.4 Å². The number of nitrogens with zero attached hydrogens (tertiary/aromatic N) is 2. The van der Waals surface area contributed by atoms with Crippen molar-refractivity contribution >= 4 is 27.5 Å². The average Bonchev–Trinajstić information content (AvgIpc) is 2.44. The van der Waals surface area contributed by atoms with Crippen molar-refractivity contribution in [2.24, 2.45) is 0 Å². The standard InChI is InChI=1S/C15H16BrClN2O/c1-9(2)10-4-6-11(7-5-10)15-18-12(8-20-3)13(16)14(17)19-15/h4-7,9H,8H2,1-3H3. The molecule has 0 aliphatic heterocycles. The summed E-state index contributed by atoms with van der Waals surface area (Å²) in [7, 11) is 1.62. The number of methoxy groups -OCH3 is 1. The van der Waals surface area contributed by atoms with E-state index in [1.807, 2.05) is 12.1 Å². The molecule has 20 heavy (non-hydrogen) atoms. The van der Waals surface area contributed by atoms with Crippen molar-refractivity contribution in [3.05, 3.63) is 45.1 Å². The van der Waals surface area contributed by atoms with Crippen LogP contribution in [-0.2, 0) is 11.3 Å². The van der Waals surface area contributed by atoms with Gasteiger partial charge in [-0.2, -0.15) is 0 Å². The van der Waals surface area contributed by atoms with E-state index in [2.05, 4.69) is 51.9 Å². The Kier molecular flexibility index (Phi) is 5.13. The second-order valence-electron chi connectivity index (χ2n) is 4.81. The fourth-order valence-electron chi connectivity index (χ4n) is 1.84. The van der Waals surface area contributed by atoms with E-state index >= 15 is 0 Å². The number of halogens is 2. The van der Waals surface area contributed by atoms with E-state index in [4.69, 9.17) is 16.3 Å². The molecule has 3 nitrogen and oxygen atoms in total. The van der Waals surface area contributed by atoms with Gasteiger partial charge in [-0.3, -0.25) is 0 Å². The first kappa shape index (κ1) is 15.4. The summed E-state index contributed by atoms with van der Waals surface area (Å²) >= 11 is 9.51. The van der Waals surface area contributed by atoms with Crippen LogP contribution >= 0.6 is 27.5 Å². The van der Waals surface area contributed by atoms with Crippen molar-refractivity contribution in [2.45, 2.75) is 26.4 Å². The maximum atomic E-state index is 6.13. The average molecular weight is 356 g/mol. The second-order valence-corrected chi connectivity index (χ2v) is 5.96. The third-order valence-corrected chi connectivity index (χ3v) is 4.33. The fraction of sp³-hybridized carbons (Fsp3) is 0.333. The maximum absolute atomic E-state index is 6.13. The molecule has 0 aliphatic carbocycles. The largest absolute Gasteiger partial charge is 0.378 e. The Morgan fingerprint density at radius 3 is 2.40 bits per heavy atom. The lowest BCUT2D eigenvalue weighted by molar-refractivity contribution is 0.181. The molecule has 0 saturated heterocycles. The molecule has 0 radical (unpaired) electrons. The summed E-state index contributed by atoms with van der Waals surface area (Å²) in [5.41, 5.74) is 2.98. The molecule has 0 fully saturated rings. The highest BCUT2D eigenvalue weighted by atomic mass is 79.9. The third kappa shape index (κ3) is 3.37. The van der Waals surface area contributed by atoms with E-state index in [1.54, 1.807) is 7.11 Å². The number of aromatic nitrogens is 2. The van der Waals surface area contributed by atoms with Crippen LogP contribution in [0.4, 0.5) is 0 Å². The summed E-state index contributed by atoms with van der Waals surface area (Å²) in [6.07, 6.45) is 0. The number of benzene rings is 1. The molecule has 0 saturated carbocycles. The maximum Gasteiger partial charge on any atom is 0.161 e. The van der Waals surface area contributed by atoms with Crippen LogP contribution in [0.2, 0.25) is 5.15 Å².